The number of amides is 1. The van der Waals surface area contributed by atoms with Gasteiger partial charge in [-0.25, -0.2) is 0 Å². The summed E-state index contributed by atoms with van der Waals surface area (Å²) in [7, 11) is 0. The first-order valence-electron chi connectivity index (χ1n) is 17.2. The molecule has 0 saturated heterocycles. The Morgan fingerprint density at radius 2 is 0.975 bits per heavy atom. The van der Waals surface area contributed by atoms with Gasteiger partial charge in [-0.2, -0.15) is 0 Å². The van der Waals surface area contributed by atoms with Crippen molar-refractivity contribution in [1.29, 1.82) is 0 Å². The zero-order valence-electron chi connectivity index (χ0n) is 26.6. The second-order valence-corrected chi connectivity index (χ2v) is 11.6. The van der Waals surface area contributed by atoms with Crippen LogP contribution in [-0.2, 0) is 4.79 Å². The molecule has 4 heteroatoms. The van der Waals surface area contributed by atoms with Crippen molar-refractivity contribution in [3.8, 4) is 0 Å². The maximum Gasteiger partial charge on any atom is 0.220 e. The predicted octanol–water partition coefficient (Wildman–Crippen LogP) is 9.90. The Labute approximate surface area is 249 Å². The van der Waals surface area contributed by atoms with E-state index in [9.17, 15) is 15.0 Å². The molecule has 0 aromatic rings. The van der Waals surface area contributed by atoms with Gasteiger partial charge in [0.15, 0.2) is 0 Å². The van der Waals surface area contributed by atoms with Crippen molar-refractivity contribution in [3.05, 3.63) is 36.5 Å². The van der Waals surface area contributed by atoms with Crippen LogP contribution in [0.25, 0.3) is 0 Å². The molecule has 0 aliphatic rings. The minimum absolute atomic E-state index is 0.0810. The molecular formula is C36H67NO3. The molecule has 0 heterocycles. The van der Waals surface area contributed by atoms with E-state index >= 15 is 0 Å². The number of rotatable bonds is 30. The van der Waals surface area contributed by atoms with Gasteiger partial charge in [-0.15, -0.1) is 0 Å². The zero-order valence-corrected chi connectivity index (χ0v) is 26.6. The molecule has 4 nitrogen and oxygen atoms in total. The van der Waals surface area contributed by atoms with Crippen LogP contribution >= 0.6 is 0 Å². The monoisotopic (exact) mass is 562 g/mol. The molecule has 0 rings (SSSR count). The molecule has 2 unspecified atom stereocenters. The lowest BCUT2D eigenvalue weighted by molar-refractivity contribution is -0.123. The fourth-order valence-electron chi connectivity index (χ4n) is 4.91. The number of allylic oxidation sites excluding steroid dienone is 5. The molecule has 0 aromatic carbocycles. The van der Waals surface area contributed by atoms with Crippen molar-refractivity contribution >= 4 is 5.91 Å². The molecule has 0 saturated carbocycles. The van der Waals surface area contributed by atoms with Crippen molar-refractivity contribution in [3.63, 3.8) is 0 Å². The Kier molecular flexibility index (Phi) is 31.0. The molecule has 0 aromatic heterocycles. The second-order valence-electron chi connectivity index (χ2n) is 11.6. The highest BCUT2D eigenvalue weighted by Crippen LogP contribution is 2.13. The summed E-state index contributed by atoms with van der Waals surface area (Å²) in [4.78, 5) is 12.3. The lowest BCUT2D eigenvalue weighted by Crippen LogP contribution is -2.45. The molecule has 0 aliphatic heterocycles. The smallest absolute Gasteiger partial charge is 0.220 e. The molecule has 234 valence electrons. The Morgan fingerprint density at radius 1 is 0.575 bits per heavy atom. The SMILES string of the molecule is CCCCCCCC/C=C/CC/C=C/CC/C=C/C(O)C(CO)NC(=O)CCCCCCCCCCCCCC. The largest absolute Gasteiger partial charge is 0.394 e. The summed E-state index contributed by atoms with van der Waals surface area (Å²) in [6, 6.07) is -0.639. The van der Waals surface area contributed by atoms with Crippen LogP contribution in [0.3, 0.4) is 0 Å². The molecule has 3 N–H and O–H groups in total. The molecular weight excluding hydrogens is 494 g/mol. The van der Waals surface area contributed by atoms with E-state index in [1.165, 1.54) is 109 Å². The lowest BCUT2D eigenvalue weighted by atomic mass is 10.0. The fourth-order valence-corrected chi connectivity index (χ4v) is 4.91. The van der Waals surface area contributed by atoms with E-state index in [2.05, 4.69) is 43.5 Å². The summed E-state index contributed by atoms with van der Waals surface area (Å²) in [5, 5.41) is 22.8. The van der Waals surface area contributed by atoms with Gasteiger partial charge in [-0.05, 0) is 44.9 Å². The van der Waals surface area contributed by atoms with Crippen LogP contribution in [0.5, 0.6) is 0 Å². The molecule has 0 aliphatic carbocycles. The minimum atomic E-state index is -0.864. The van der Waals surface area contributed by atoms with Crippen LogP contribution < -0.4 is 5.32 Å². The standard InChI is InChI=1S/C36H67NO3/c1-3-5-7-9-11-13-15-17-18-19-20-21-23-25-27-29-31-35(39)34(33-38)37-36(40)32-30-28-26-24-22-16-14-12-10-8-6-4-2/h17-18,21,23,29,31,34-35,38-39H,3-16,19-20,22,24-28,30,32-33H2,1-2H3,(H,37,40)/b18-17+,23-21+,31-29+. The van der Waals surface area contributed by atoms with E-state index in [-0.39, 0.29) is 12.5 Å². The van der Waals surface area contributed by atoms with Crippen LogP contribution in [-0.4, -0.2) is 34.9 Å². The number of hydrogen-bond donors (Lipinski definition) is 3. The summed E-state index contributed by atoms with van der Waals surface area (Å²) in [6.45, 7) is 4.26. The second kappa shape index (κ2) is 32.1. The van der Waals surface area contributed by atoms with Crippen LogP contribution in [0.1, 0.15) is 168 Å². The average molecular weight is 562 g/mol. The first kappa shape index (κ1) is 38.6. The number of aliphatic hydroxyl groups is 2. The number of hydrogen-bond acceptors (Lipinski definition) is 3. The van der Waals surface area contributed by atoms with Gasteiger partial charge in [-0.3, -0.25) is 4.79 Å². The summed E-state index contributed by atoms with van der Waals surface area (Å²) in [5.41, 5.74) is 0. The van der Waals surface area contributed by atoms with Gasteiger partial charge in [0.1, 0.15) is 0 Å². The van der Waals surface area contributed by atoms with Crippen molar-refractivity contribution in [2.24, 2.45) is 0 Å². The Balaban J connectivity index is 3.74. The third-order valence-electron chi connectivity index (χ3n) is 7.60. The number of carbonyl (C=O) groups is 1. The van der Waals surface area contributed by atoms with E-state index in [1.54, 1.807) is 6.08 Å². The van der Waals surface area contributed by atoms with Gasteiger partial charge in [-0.1, -0.05) is 153 Å². The summed E-state index contributed by atoms with van der Waals surface area (Å²) < 4.78 is 0. The molecule has 0 bridgehead atoms. The van der Waals surface area contributed by atoms with E-state index in [1.807, 2.05) is 6.08 Å². The fraction of sp³-hybridized carbons (Fsp3) is 0.806. The van der Waals surface area contributed by atoms with Gasteiger partial charge in [0.25, 0.3) is 0 Å². The van der Waals surface area contributed by atoms with E-state index in [4.69, 9.17) is 0 Å². The third-order valence-corrected chi connectivity index (χ3v) is 7.60. The first-order chi connectivity index (χ1) is 19.7. The number of aliphatic hydroxyl groups excluding tert-OH is 2. The van der Waals surface area contributed by atoms with Gasteiger partial charge in [0.2, 0.25) is 5.91 Å². The molecule has 40 heavy (non-hydrogen) atoms. The van der Waals surface area contributed by atoms with Gasteiger partial charge < -0.3 is 15.5 Å². The Bertz CT molecular complexity index is 613. The summed E-state index contributed by atoms with van der Waals surface area (Å²) in [5.74, 6) is -0.0810. The average Bonchev–Trinajstić information content (AvgIpc) is 2.96. The highest BCUT2D eigenvalue weighted by molar-refractivity contribution is 5.76. The van der Waals surface area contributed by atoms with Crippen molar-refractivity contribution in [2.75, 3.05) is 6.61 Å². The van der Waals surface area contributed by atoms with E-state index < -0.39 is 12.1 Å². The summed E-state index contributed by atoms with van der Waals surface area (Å²) in [6.07, 6.45) is 40.8. The topological polar surface area (TPSA) is 69.6 Å². The quantitative estimate of drug-likeness (QED) is 0.0603. The number of nitrogens with one attached hydrogen (secondary N) is 1. The van der Waals surface area contributed by atoms with Crippen molar-refractivity contribution < 1.29 is 15.0 Å². The van der Waals surface area contributed by atoms with Gasteiger partial charge >= 0.3 is 0 Å². The van der Waals surface area contributed by atoms with E-state index in [0.29, 0.717) is 6.42 Å². The van der Waals surface area contributed by atoms with Gasteiger partial charge in [0, 0.05) is 6.42 Å². The highest BCUT2D eigenvalue weighted by Gasteiger charge is 2.17. The predicted molar refractivity (Wildman–Crippen MR) is 175 cm³/mol. The zero-order chi connectivity index (χ0) is 29.4. The number of unbranched alkanes of at least 4 members (excludes halogenated alkanes) is 19. The molecule has 1 amide bonds. The molecule has 0 fully saturated rings. The Morgan fingerprint density at radius 3 is 1.45 bits per heavy atom. The maximum absolute atomic E-state index is 12.3. The molecule has 0 radical (unpaired) electrons. The maximum atomic E-state index is 12.3. The normalized spacial score (nSPS) is 13.6. The van der Waals surface area contributed by atoms with Crippen LogP contribution in [0.2, 0.25) is 0 Å². The van der Waals surface area contributed by atoms with E-state index in [0.717, 1.165) is 38.5 Å². The number of carbonyl (C=O) groups excluding carboxylic acids is 1. The van der Waals surface area contributed by atoms with Crippen molar-refractivity contribution in [1.82, 2.24) is 5.32 Å². The third kappa shape index (κ3) is 28.1. The van der Waals surface area contributed by atoms with Crippen LogP contribution in [0, 0.1) is 0 Å². The minimum Gasteiger partial charge on any atom is -0.394 e. The highest BCUT2D eigenvalue weighted by atomic mass is 16.3. The first-order valence-corrected chi connectivity index (χ1v) is 17.2. The molecule has 0 spiro atoms. The van der Waals surface area contributed by atoms with Crippen LogP contribution in [0.4, 0.5) is 0 Å². The molecule has 2 atom stereocenters. The van der Waals surface area contributed by atoms with Crippen molar-refractivity contribution in [2.45, 2.75) is 180 Å². The lowest BCUT2D eigenvalue weighted by Gasteiger charge is -2.19. The Hall–Kier alpha value is -1.39. The van der Waals surface area contributed by atoms with Gasteiger partial charge in [0.05, 0.1) is 18.8 Å². The summed E-state index contributed by atoms with van der Waals surface area (Å²) >= 11 is 0. The van der Waals surface area contributed by atoms with Crippen LogP contribution in [0.15, 0.2) is 36.5 Å².